The number of hydrogen-bond donors (Lipinski definition) is 2. The largest absolute Gasteiger partial charge is 0.393 e. The van der Waals surface area contributed by atoms with Gasteiger partial charge in [0.2, 0.25) is 0 Å². The number of carbonyl (C=O) groups is 1. The number of Topliss-reactive ketones (excluding diaryl/α,β-unsaturated/α-hetero) is 1. The van der Waals surface area contributed by atoms with Gasteiger partial charge in [-0.05, 0) is 12.1 Å². The van der Waals surface area contributed by atoms with Gasteiger partial charge in [-0.1, -0.05) is 23.9 Å². The second-order valence-electron chi connectivity index (χ2n) is 5.84. The second kappa shape index (κ2) is 8.70. The van der Waals surface area contributed by atoms with Crippen molar-refractivity contribution in [3.8, 4) is 6.07 Å². The molecule has 3 N–H and O–H groups in total. The van der Waals surface area contributed by atoms with Gasteiger partial charge in [0.15, 0.2) is 22.6 Å². The zero-order valence-electron chi connectivity index (χ0n) is 14.9. The van der Waals surface area contributed by atoms with Crippen LogP contribution in [0.4, 0.5) is 17.3 Å². The van der Waals surface area contributed by atoms with E-state index in [1.165, 1.54) is 11.8 Å². The van der Waals surface area contributed by atoms with E-state index < -0.39 is 0 Å². The van der Waals surface area contributed by atoms with Crippen LogP contribution in [-0.4, -0.2) is 54.9 Å². The smallest absolute Gasteiger partial charge is 0.192 e. The fraction of sp³-hybridized carbons (Fsp3) is 0.333. The molecule has 0 aliphatic carbocycles. The molecule has 0 unspecified atom stereocenters. The van der Waals surface area contributed by atoms with E-state index >= 15 is 0 Å². The van der Waals surface area contributed by atoms with Crippen molar-refractivity contribution in [3.63, 3.8) is 0 Å². The number of anilines is 3. The minimum absolute atomic E-state index is 0.0520. The Morgan fingerprint density at radius 2 is 2.04 bits per heavy atom. The molecule has 2 heterocycles. The average Bonchev–Trinajstić information content (AvgIpc) is 2.73. The number of nitrogens with two attached hydrogens (primary N) is 1. The number of nitrogens with zero attached hydrogens (tertiary/aromatic N) is 4. The van der Waals surface area contributed by atoms with Crippen LogP contribution in [0.25, 0.3) is 0 Å². The number of ketones is 1. The van der Waals surface area contributed by atoms with E-state index in [1.54, 1.807) is 31.3 Å². The number of hydrogen-bond acceptors (Lipinski definition) is 9. The second-order valence-corrected chi connectivity index (χ2v) is 6.78. The van der Waals surface area contributed by atoms with Crippen LogP contribution >= 0.6 is 11.8 Å². The number of nitrogens with one attached hydrogen (secondary N) is 1. The van der Waals surface area contributed by atoms with E-state index in [-0.39, 0.29) is 11.5 Å². The number of nitrogen functional groups attached to an aromatic ring is 1. The summed E-state index contributed by atoms with van der Waals surface area (Å²) in [5, 5.41) is 12.3. The Balaban J connectivity index is 1.75. The lowest BCUT2D eigenvalue weighted by Crippen LogP contribution is -2.37. The van der Waals surface area contributed by atoms with Crippen LogP contribution in [-0.2, 0) is 4.74 Å². The fourth-order valence-corrected chi connectivity index (χ4v) is 3.39. The third-order valence-corrected chi connectivity index (χ3v) is 4.97. The summed E-state index contributed by atoms with van der Waals surface area (Å²) in [6, 6.07) is 8.61. The first-order chi connectivity index (χ1) is 13.1. The maximum atomic E-state index is 12.4. The molecule has 1 saturated heterocycles. The van der Waals surface area contributed by atoms with E-state index in [4.69, 9.17) is 15.7 Å². The number of aromatic nitrogens is 2. The van der Waals surface area contributed by atoms with Gasteiger partial charge in [-0.2, -0.15) is 5.26 Å². The third-order valence-electron chi connectivity index (χ3n) is 4.12. The summed E-state index contributed by atoms with van der Waals surface area (Å²) in [5.74, 6) is 1.34. The van der Waals surface area contributed by atoms with Gasteiger partial charge in [0.05, 0.1) is 30.6 Å². The van der Waals surface area contributed by atoms with Crippen molar-refractivity contribution >= 4 is 34.9 Å². The predicted molar refractivity (Wildman–Crippen MR) is 105 cm³/mol. The Labute approximate surface area is 161 Å². The quantitative estimate of drug-likeness (QED) is 0.436. The molecule has 140 valence electrons. The molecule has 27 heavy (non-hydrogen) atoms. The van der Waals surface area contributed by atoms with E-state index in [1.807, 2.05) is 6.07 Å². The van der Waals surface area contributed by atoms with Gasteiger partial charge in [-0.25, -0.2) is 9.97 Å². The molecule has 1 aliphatic heterocycles. The Bertz CT molecular complexity index is 859. The minimum atomic E-state index is -0.0520. The van der Waals surface area contributed by atoms with Crippen LogP contribution in [0.3, 0.4) is 0 Å². The average molecular weight is 384 g/mol. The first kappa shape index (κ1) is 18.9. The van der Waals surface area contributed by atoms with Crippen molar-refractivity contribution in [2.75, 3.05) is 55.1 Å². The first-order valence-corrected chi connectivity index (χ1v) is 9.45. The van der Waals surface area contributed by atoms with Gasteiger partial charge in [0, 0.05) is 25.7 Å². The van der Waals surface area contributed by atoms with E-state index in [0.717, 1.165) is 0 Å². The van der Waals surface area contributed by atoms with Crippen molar-refractivity contribution < 1.29 is 9.53 Å². The summed E-state index contributed by atoms with van der Waals surface area (Å²) >= 11 is 1.26. The highest BCUT2D eigenvalue weighted by Gasteiger charge is 2.20. The molecule has 2 aromatic rings. The standard InChI is InChI=1S/C18H20N6O2S/c1-21-16-15(20)17(24-6-8-26-9-7-24)23-18(22-16)27-11-14(25)13-4-2-12(10-19)3-5-13/h2-5H,6-9,11,20H2,1H3,(H,21,22,23). The molecule has 0 radical (unpaired) electrons. The molecule has 9 heteroatoms. The highest BCUT2D eigenvalue weighted by Crippen LogP contribution is 2.30. The molecule has 0 spiro atoms. The minimum Gasteiger partial charge on any atom is -0.393 e. The number of thioether (sulfide) groups is 1. The Morgan fingerprint density at radius 3 is 2.67 bits per heavy atom. The molecular formula is C18H20N6O2S. The molecule has 1 aromatic carbocycles. The number of rotatable bonds is 6. The van der Waals surface area contributed by atoms with Gasteiger partial charge < -0.3 is 20.7 Å². The van der Waals surface area contributed by atoms with Crippen molar-refractivity contribution in [2.24, 2.45) is 0 Å². The number of carbonyl (C=O) groups excluding carboxylic acids is 1. The SMILES string of the molecule is CNc1nc(SCC(=O)c2ccc(C#N)cc2)nc(N2CCOCC2)c1N. The number of morpholine rings is 1. The van der Waals surface area contributed by atoms with Crippen LogP contribution in [0.1, 0.15) is 15.9 Å². The van der Waals surface area contributed by atoms with Crippen LogP contribution in [0.15, 0.2) is 29.4 Å². The van der Waals surface area contributed by atoms with E-state index in [0.29, 0.717) is 59.9 Å². The lowest BCUT2D eigenvalue weighted by Gasteiger charge is -2.29. The molecule has 0 bridgehead atoms. The van der Waals surface area contributed by atoms with Crippen molar-refractivity contribution in [2.45, 2.75) is 5.16 Å². The highest BCUT2D eigenvalue weighted by atomic mass is 32.2. The molecule has 0 saturated carbocycles. The summed E-state index contributed by atoms with van der Waals surface area (Å²) in [7, 11) is 1.75. The molecule has 3 rings (SSSR count). The number of ether oxygens (including phenoxy) is 1. The molecule has 1 aliphatic rings. The van der Waals surface area contributed by atoms with Crippen molar-refractivity contribution in [1.82, 2.24) is 9.97 Å². The van der Waals surface area contributed by atoms with Crippen molar-refractivity contribution in [3.05, 3.63) is 35.4 Å². The van der Waals surface area contributed by atoms with Gasteiger partial charge in [-0.15, -0.1) is 0 Å². The normalized spacial score (nSPS) is 13.9. The monoisotopic (exact) mass is 384 g/mol. The van der Waals surface area contributed by atoms with E-state index in [2.05, 4.69) is 20.2 Å². The third kappa shape index (κ3) is 4.48. The summed E-state index contributed by atoms with van der Waals surface area (Å²) in [4.78, 5) is 23.4. The maximum Gasteiger partial charge on any atom is 0.192 e. The van der Waals surface area contributed by atoms with Crippen LogP contribution in [0, 0.1) is 11.3 Å². The van der Waals surface area contributed by atoms with Crippen molar-refractivity contribution in [1.29, 1.82) is 5.26 Å². The summed E-state index contributed by atoms with van der Waals surface area (Å²) in [5.41, 5.74) is 7.76. The summed E-state index contributed by atoms with van der Waals surface area (Å²) < 4.78 is 5.38. The number of nitriles is 1. The van der Waals surface area contributed by atoms with Crippen LogP contribution in [0.2, 0.25) is 0 Å². The molecular weight excluding hydrogens is 364 g/mol. The highest BCUT2D eigenvalue weighted by molar-refractivity contribution is 7.99. The lowest BCUT2D eigenvalue weighted by atomic mass is 10.1. The number of benzene rings is 1. The lowest BCUT2D eigenvalue weighted by molar-refractivity contribution is 0.102. The van der Waals surface area contributed by atoms with Gasteiger partial charge in [0.25, 0.3) is 0 Å². The molecule has 0 amide bonds. The summed E-state index contributed by atoms with van der Waals surface area (Å²) in [6.45, 7) is 2.66. The van der Waals surface area contributed by atoms with Crippen LogP contribution in [0.5, 0.6) is 0 Å². The van der Waals surface area contributed by atoms with Gasteiger partial charge in [-0.3, -0.25) is 4.79 Å². The van der Waals surface area contributed by atoms with Crippen LogP contribution < -0.4 is 16.0 Å². The fourth-order valence-electron chi connectivity index (χ4n) is 2.65. The summed E-state index contributed by atoms with van der Waals surface area (Å²) in [6.07, 6.45) is 0. The molecule has 1 aromatic heterocycles. The predicted octanol–water partition coefficient (Wildman–Crippen LogP) is 1.78. The molecule has 8 nitrogen and oxygen atoms in total. The zero-order chi connectivity index (χ0) is 19.2. The van der Waals surface area contributed by atoms with Gasteiger partial charge in [0.1, 0.15) is 5.69 Å². The zero-order valence-corrected chi connectivity index (χ0v) is 15.8. The van der Waals surface area contributed by atoms with Gasteiger partial charge >= 0.3 is 0 Å². The Kier molecular flexibility index (Phi) is 6.11. The topological polar surface area (TPSA) is 117 Å². The Morgan fingerprint density at radius 1 is 1.33 bits per heavy atom. The molecule has 0 atom stereocenters. The van der Waals surface area contributed by atoms with E-state index in [9.17, 15) is 4.79 Å². The molecule has 1 fully saturated rings. The Hall–Kier alpha value is -2.83. The first-order valence-electron chi connectivity index (χ1n) is 8.46. The maximum absolute atomic E-state index is 12.4.